The van der Waals surface area contributed by atoms with Crippen LogP contribution in [0.2, 0.25) is 0 Å². The molecule has 1 rings (SSSR count). The fourth-order valence-electron chi connectivity index (χ4n) is 1.79. The zero-order valence-electron chi connectivity index (χ0n) is 11.4. The topological polar surface area (TPSA) is 12.4 Å². The van der Waals surface area contributed by atoms with Gasteiger partial charge in [0.05, 0.1) is 0 Å². The van der Waals surface area contributed by atoms with E-state index < -0.39 is 0 Å². The summed E-state index contributed by atoms with van der Waals surface area (Å²) in [4.78, 5) is 4.38. The summed E-state index contributed by atoms with van der Waals surface area (Å²) in [6, 6.07) is 10.7. The first-order valence-electron chi connectivity index (χ1n) is 6.26. The maximum absolute atomic E-state index is 4.38. The lowest BCUT2D eigenvalue weighted by molar-refractivity contribution is 0.490. The molecule has 0 heterocycles. The van der Waals surface area contributed by atoms with Crippen LogP contribution in [-0.2, 0) is 5.41 Å². The summed E-state index contributed by atoms with van der Waals surface area (Å²) >= 11 is 0. The second kappa shape index (κ2) is 6.39. The predicted octanol–water partition coefficient (Wildman–Crippen LogP) is 4.74. The minimum absolute atomic E-state index is 0.216. The highest BCUT2D eigenvalue weighted by molar-refractivity contribution is 5.82. The minimum atomic E-state index is 0.216. The van der Waals surface area contributed by atoms with Crippen LogP contribution < -0.4 is 0 Å². The van der Waals surface area contributed by atoms with E-state index in [0.717, 1.165) is 12.8 Å². The summed E-state index contributed by atoms with van der Waals surface area (Å²) < 4.78 is 0. The molecule has 0 atom stereocenters. The molecule has 0 fully saturated rings. The van der Waals surface area contributed by atoms with Crippen molar-refractivity contribution in [2.45, 2.75) is 46.0 Å². The van der Waals surface area contributed by atoms with E-state index in [2.05, 4.69) is 56.1 Å². The Morgan fingerprint density at radius 3 is 2.47 bits per heavy atom. The summed E-state index contributed by atoms with van der Waals surface area (Å²) in [5.41, 5.74) is 2.82. The Hall–Kier alpha value is -1.37. The SMILES string of the molecule is C/C=C\N=C(C)CCC(C)(C)c1ccccc1. The highest BCUT2D eigenvalue weighted by Gasteiger charge is 2.19. The monoisotopic (exact) mass is 229 g/mol. The van der Waals surface area contributed by atoms with E-state index in [1.165, 1.54) is 11.3 Å². The van der Waals surface area contributed by atoms with Gasteiger partial charge in [0.1, 0.15) is 0 Å². The number of hydrogen-bond acceptors (Lipinski definition) is 1. The predicted molar refractivity (Wildman–Crippen MR) is 76.6 cm³/mol. The molecule has 0 spiro atoms. The lowest BCUT2D eigenvalue weighted by Gasteiger charge is -2.25. The van der Waals surface area contributed by atoms with Gasteiger partial charge in [0, 0.05) is 11.9 Å². The molecule has 0 bridgehead atoms. The van der Waals surface area contributed by atoms with Crippen molar-refractivity contribution < 1.29 is 0 Å². The molecule has 1 aromatic rings. The molecular formula is C16H23N. The smallest absolute Gasteiger partial charge is 0.0224 e. The number of nitrogens with zero attached hydrogens (tertiary/aromatic N) is 1. The number of hydrogen-bond donors (Lipinski definition) is 0. The van der Waals surface area contributed by atoms with E-state index in [1.807, 2.05) is 19.2 Å². The summed E-state index contributed by atoms with van der Waals surface area (Å²) in [6.07, 6.45) is 6.01. The first-order valence-corrected chi connectivity index (χ1v) is 6.26. The van der Waals surface area contributed by atoms with Gasteiger partial charge in [0.15, 0.2) is 0 Å². The van der Waals surface area contributed by atoms with Crippen LogP contribution in [0.15, 0.2) is 47.6 Å². The van der Waals surface area contributed by atoms with Gasteiger partial charge in [-0.05, 0) is 37.7 Å². The Kier molecular flexibility index (Phi) is 5.14. The van der Waals surface area contributed by atoms with E-state index >= 15 is 0 Å². The maximum Gasteiger partial charge on any atom is 0.0224 e. The van der Waals surface area contributed by atoms with Gasteiger partial charge in [-0.15, -0.1) is 0 Å². The van der Waals surface area contributed by atoms with Gasteiger partial charge in [0.25, 0.3) is 0 Å². The third-order valence-electron chi connectivity index (χ3n) is 3.11. The zero-order valence-corrected chi connectivity index (χ0v) is 11.4. The Morgan fingerprint density at radius 2 is 1.88 bits per heavy atom. The van der Waals surface area contributed by atoms with Crippen LogP contribution >= 0.6 is 0 Å². The van der Waals surface area contributed by atoms with E-state index in [4.69, 9.17) is 0 Å². The molecular weight excluding hydrogens is 206 g/mol. The Bertz CT molecular complexity index is 385. The molecule has 0 aliphatic rings. The molecule has 0 saturated carbocycles. The Labute approximate surface area is 105 Å². The molecule has 0 saturated heterocycles. The van der Waals surface area contributed by atoms with Gasteiger partial charge in [-0.2, -0.15) is 0 Å². The lowest BCUT2D eigenvalue weighted by Crippen LogP contribution is -2.18. The van der Waals surface area contributed by atoms with Gasteiger partial charge >= 0.3 is 0 Å². The van der Waals surface area contributed by atoms with Crippen LogP contribution in [0.3, 0.4) is 0 Å². The van der Waals surface area contributed by atoms with Crippen LogP contribution in [0.5, 0.6) is 0 Å². The second-order valence-corrected chi connectivity index (χ2v) is 5.10. The van der Waals surface area contributed by atoms with Crippen molar-refractivity contribution in [3.8, 4) is 0 Å². The van der Waals surface area contributed by atoms with E-state index in [9.17, 15) is 0 Å². The van der Waals surface area contributed by atoms with E-state index in [1.54, 1.807) is 0 Å². The first kappa shape index (κ1) is 13.7. The molecule has 0 unspecified atom stereocenters. The molecule has 1 aromatic carbocycles. The zero-order chi connectivity index (χ0) is 12.7. The molecule has 1 nitrogen and oxygen atoms in total. The van der Waals surface area contributed by atoms with Crippen molar-refractivity contribution in [2.24, 2.45) is 4.99 Å². The summed E-state index contributed by atoms with van der Waals surface area (Å²) in [5.74, 6) is 0. The quantitative estimate of drug-likeness (QED) is 0.647. The molecule has 0 aliphatic heterocycles. The van der Waals surface area contributed by atoms with Crippen molar-refractivity contribution >= 4 is 5.71 Å². The van der Waals surface area contributed by atoms with Gasteiger partial charge in [-0.1, -0.05) is 50.3 Å². The number of rotatable bonds is 5. The summed E-state index contributed by atoms with van der Waals surface area (Å²) in [6.45, 7) is 8.68. The van der Waals surface area contributed by atoms with Gasteiger partial charge in [-0.25, -0.2) is 0 Å². The molecule has 92 valence electrons. The highest BCUT2D eigenvalue weighted by atomic mass is 14.7. The van der Waals surface area contributed by atoms with Crippen molar-refractivity contribution in [2.75, 3.05) is 0 Å². The average Bonchev–Trinajstić information content (AvgIpc) is 2.35. The van der Waals surface area contributed by atoms with E-state index in [-0.39, 0.29) is 5.41 Å². The van der Waals surface area contributed by atoms with Crippen LogP contribution in [0.1, 0.15) is 46.1 Å². The largest absolute Gasteiger partial charge is 0.266 e. The number of allylic oxidation sites excluding steroid dienone is 1. The van der Waals surface area contributed by atoms with Crippen molar-refractivity contribution in [1.29, 1.82) is 0 Å². The summed E-state index contributed by atoms with van der Waals surface area (Å²) in [7, 11) is 0. The summed E-state index contributed by atoms with van der Waals surface area (Å²) in [5, 5.41) is 0. The van der Waals surface area contributed by atoms with Crippen LogP contribution in [-0.4, -0.2) is 5.71 Å². The van der Waals surface area contributed by atoms with Crippen molar-refractivity contribution in [3.05, 3.63) is 48.2 Å². The van der Waals surface area contributed by atoms with Crippen molar-refractivity contribution in [3.63, 3.8) is 0 Å². The van der Waals surface area contributed by atoms with Crippen LogP contribution in [0.25, 0.3) is 0 Å². The number of benzene rings is 1. The number of aliphatic imine (C=N–C) groups is 1. The van der Waals surface area contributed by atoms with Crippen LogP contribution in [0.4, 0.5) is 0 Å². The molecule has 1 heteroatoms. The molecule has 0 aromatic heterocycles. The Morgan fingerprint density at radius 1 is 1.24 bits per heavy atom. The Balaban J connectivity index is 2.62. The molecule has 0 amide bonds. The highest BCUT2D eigenvalue weighted by Crippen LogP contribution is 2.28. The molecule has 0 radical (unpaired) electrons. The van der Waals surface area contributed by atoms with Gasteiger partial charge < -0.3 is 0 Å². The molecule has 0 N–H and O–H groups in total. The molecule has 17 heavy (non-hydrogen) atoms. The standard InChI is InChI=1S/C16H23N/c1-5-13-17-14(2)11-12-16(3,4)15-9-7-6-8-10-15/h5-10,13H,11-12H2,1-4H3/b13-5-,17-14?. The normalized spacial score (nSPS) is 13.3. The van der Waals surface area contributed by atoms with Gasteiger partial charge in [-0.3, -0.25) is 4.99 Å². The second-order valence-electron chi connectivity index (χ2n) is 5.10. The first-order chi connectivity index (χ1) is 8.06. The average molecular weight is 229 g/mol. The fourth-order valence-corrected chi connectivity index (χ4v) is 1.79. The maximum atomic E-state index is 4.38. The third-order valence-corrected chi connectivity index (χ3v) is 3.11. The molecule has 0 aliphatic carbocycles. The van der Waals surface area contributed by atoms with Crippen LogP contribution in [0, 0.1) is 0 Å². The minimum Gasteiger partial charge on any atom is -0.266 e. The van der Waals surface area contributed by atoms with Crippen molar-refractivity contribution in [1.82, 2.24) is 0 Å². The third kappa shape index (κ3) is 4.56. The van der Waals surface area contributed by atoms with E-state index in [0.29, 0.717) is 0 Å². The van der Waals surface area contributed by atoms with Gasteiger partial charge in [0.2, 0.25) is 0 Å². The fraction of sp³-hybridized carbons (Fsp3) is 0.438. The lowest BCUT2D eigenvalue weighted by atomic mass is 9.80.